The smallest absolute Gasteiger partial charge is 0.321 e. The number of aliphatic carboxylic acids is 1. The molecule has 2 heterocycles. The van der Waals surface area contributed by atoms with Gasteiger partial charge in [0.15, 0.2) is 5.82 Å². The van der Waals surface area contributed by atoms with Crippen molar-refractivity contribution >= 4 is 35.3 Å². The number of hydrogen-bond acceptors (Lipinski definition) is 9. The van der Waals surface area contributed by atoms with Crippen LogP contribution in [0.2, 0.25) is 0 Å². The van der Waals surface area contributed by atoms with E-state index < -0.39 is 60.7 Å². The Morgan fingerprint density at radius 2 is 1.95 bits per heavy atom. The number of nitrogens with two attached hydrogens (primary N) is 1. The number of hydrogen-bond donors (Lipinski definition) is 6. The fourth-order valence-electron chi connectivity index (χ4n) is 4.02. The van der Waals surface area contributed by atoms with Gasteiger partial charge in [-0.25, -0.2) is 0 Å². The van der Waals surface area contributed by atoms with Crippen LogP contribution in [0, 0.1) is 5.92 Å². The van der Waals surface area contributed by atoms with Crippen molar-refractivity contribution in [2.24, 2.45) is 11.7 Å². The fraction of sp³-hybridized carbons (Fsp3) is 0.478. The van der Waals surface area contributed by atoms with Crippen molar-refractivity contribution in [3.8, 4) is 0 Å². The first-order valence-corrected chi connectivity index (χ1v) is 12.1. The number of para-hydroxylation sites is 1. The molecule has 7 N–H and O–H groups in total. The van der Waals surface area contributed by atoms with E-state index in [1.54, 1.807) is 25.1 Å². The summed E-state index contributed by atoms with van der Waals surface area (Å²) in [7, 11) is 0. The van der Waals surface area contributed by atoms with Gasteiger partial charge in [-0.3, -0.25) is 28.9 Å². The molecular weight excluding hydrogens is 498 g/mol. The highest BCUT2D eigenvalue weighted by atomic mass is 16.4. The molecule has 0 saturated heterocycles. The lowest BCUT2D eigenvalue weighted by Gasteiger charge is -2.27. The van der Waals surface area contributed by atoms with Gasteiger partial charge in [0.2, 0.25) is 23.6 Å². The summed E-state index contributed by atoms with van der Waals surface area (Å²) in [5.41, 5.74) is 6.77. The first-order chi connectivity index (χ1) is 18.1. The summed E-state index contributed by atoms with van der Waals surface area (Å²) in [6, 6.07) is 3.81. The lowest BCUT2D eigenvalue weighted by molar-refractivity contribution is -0.140. The van der Waals surface area contributed by atoms with Crippen LogP contribution in [0.1, 0.15) is 38.1 Å². The Kier molecular flexibility index (Phi) is 9.43. The Labute approximate surface area is 217 Å². The third kappa shape index (κ3) is 6.88. The molecule has 15 heteroatoms. The summed E-state index contributed by atoms with van der Waals surface area (Å²) < 4.78 is 0. The summed E-state index contributed by atoms with van der Waals surface area (Å²) in [5, 5.41) is 30.0. The molecule has 1 aliphatic rings. The number of carbonyl (C=O) groups is 5. The molecule has 3 unspecified atom stereocenters. The molecule has 1 aliphatic heterocycles. The van der Waals surface area contributed by atoms with Gasteiger partial charge in [0.1, 0.15) is 18.1 Å². The molecule has 38 heavy (non-hydrogen) atoms. The number of nitrogens with zero attached hydrogens (tertiary/aromatic N) is 4. The number of nitrogens with one attached hydrogen (secondary N) is 4. The number of tetrazole rings is 1. The van der Waals surface area contributed by atoms with Crippen molar-refractivity contribution in [2.75, 3.05) is 11.4 Å². The van der Waals surface area contributed by atoms with Gasteiger partial charge in [0, 0.05) is 12.1 Å². The van der Waals surface area contributed by atoms with Crippen LogP contribution < -0.4 is 26.6 Å². The van der Waals surface area contributed by atoms with Gasteiger partial charge in [-0.1, -0.05) is 43.7 Å². The Morgan fingerprint density at radius 1 is 1.21 bits per heavy atom. The third-order valence-corrected chi connectivity index (χ3v) is 6.31. The second-order valence-corrected chi connectivity index (χ2v) is 8.96. The maximum atomic E-state index is 13.3. The Morgan fingerprint density at radius 3 is 2.61 bits per heavy atom. The van der Waals surface area contributed by atoms with Crippen molar-refractivity contribution in [2.45, 2.75) is 57.8 Å². The zero-order valence-electron chi connectivity index (χ0n) is 21.0. The van der Waals surface area contributed by atoms with Gasteiger partial charge in [0.25, 0.3) is 0 Å². The number of benzene rings is 1. The maximum absolute atomic E-state index is 13.3. The highest BCUT2D eigenvalue weighted by molar-refractivity contribution is 6.05. The van der Waals surface area contributed by atoms with Gasteiger partial charge in [-0.05, 0) is 17.5 Å². The second-order valence-electron chi connectivity index (χ2n) is 8.96. The molecule has 0 bridgehead atoms. The molecule has 204 valence electrons. The van der Waals surface area contributed by atoms with Crippen molar-refractivity contribution in [1.82, 2.24) is 36.6 Å². The lowest BCUT2D eigenvalue weighted by atomic mass is 9.98. The third-order valence-electron chi connectivity index (χ3n) is 6.31. The number of anilines is 1. The Balaban J connectivity index is 1.67. The number of amides is 4. The van der Waals surface area contributed by atoms with Crippen molar-refractivity contribution in [3.05, 3.63) is 35.7 Å². The number of rotatable bonds is 12. The first-order valence-electron chi connectivity index (χ1n) is 12.1. The molecule has 15 nitrogen and oxygen atoms in total. The molecule has 4 amide bonds. The topological polar surface area (TPSA) is 225 Å². The molecule has 0 fully saturated rings. The van der Waals surface area contributed by atoms with E-state index in [9.17, 15) is 24.0 Å². The normalized spacial score (nSPS) is 16.6. The van der Waals surface area contributed by atoms with E-state index >= 15 is 0 Å². The Bertz CT molecular complexity index is 1170. The lowest BCUT2D eigenvalue weighted by Crippen LogP contribution is -2.54. The highest BCUT2D eigenvalue weighted by Crippen LogP contribution is 2.32. The molecule has 0 aliphatic carbocycles. The monoisotopic (exact) mass is 529 g/mol. The number of carboxylic acid groups (broad SMARTS) is 1. The summed E-state index contributed by atoms with van der Waals surface area (Å²) in [6.07, 6.45) is 0.308. The number of aromatic nitrogens is 4. The number of aromatic amines is 1. The van der Waals surface area contributed by atoms with Crippen LogP contribution in [0.25, 0.3) is 0 Å². The summed E-state index contributed by atoms with van der Waals surface area (Å²) in [5.74, 6) is -3.63. The fourth-order valence-corrected chi connectivity index (χ4v) is 4.02. The molecule has 3 rings (SSSR count). The van der Waals surface area contributed by atoms with E-state index in [0.717, 1.165) is 5.56 Å². The van der Waals surface area contributed by atoms with Crippen LogP contribution in [0.5, 0.6) is 0 Å². The highest BCUT2D eigenvalue weighted by Gasteiger charge is 2.38. The van der Waals surface area contributed by atoms with Crippen LogP contribution in [0.3, 0.4) is 0 Å². The minimum absolute atomic E-state index is 0.0166. The SMILES string of the molecule is CCC(C)C(NC(=O)CC(N)C(=O)O)C(=O)NCC(=O)N1c2ccccc2C[C@H]1C(=O)NCc1nn[nH]n1. The van der Waals surface area contributed by atoms with E-state index in [-0.39, 0.29) is 24.7 Å². The van der Waals surface area contributed by atoms with Gasteiger partial charge >= 0.3 is 5.97 Å². The van der Waals surface area contributed by atoms with Gasteiger partial charge < -0.3 is 26.8 Å². The van der Waals surface area contributed by atoms with E-state index in [4.69, 9.17) is 10.8 Å². The van der Waals surface area contributed by atoms with Crippen LogP contribution in [-0.4, -0.2) is 80.0 Å². The van der Waals surface area contributed by atoms with E-state index in [1.807, 2.05) is 13.0 Å². The van der Waals surface area contributed by atoms with E-state index in [0.29, 0.717) is 12.1 Å². The van der Waals surface area contributed by atoms with Crippen LogP contribution in [0.4, 0.5) is 5.69 Å². The molecule has 1 aromatic carbocycles. The minimum atomic E-state index is -1.41. The summed E-state index contributed by atoms with van der Waals surface area (Å²) in [4.78, 5) is 63.8. The molecule has 1 aromatic heterocycles. The molecule has 2 aromatic rings. The van der Waals surface area contributed by atoms with Crippen LogP contribution in [-0.2, 0) is 36.9 Å². The summed E-state index contributed by atoms with van der Waals surface area (Å²) in [6.45, 7) is 3.15. The number of fused-ring (bicyclic) bond motifs is 1. The van der Waals surface area contributed by atoms with Gasteiger partial charge in [-0.2, -0.15) is 5.21 Å². The van der Waals surface area contributed by atoms with Crippen LogP contribution >= 0.6 is 0 Å². The second kappa shape index (κ2) is 12.7. The first kappa shape index (κ1) is 28.2. The van der Waals surface area contributed by atoms with E-state index in [1.165, 1.54) is 4.90 Å². The van der Waals surface area contributed by atoms with Crippen LogP contribution in [0.15, 0.2) is 24.3 Å². The zero-order chi connectivity index (χ0) is 27.8. The standard InChI is InChI=1S/C23H31N9O6/c1-3-12(2)20(27-18(33)9-14(24)23(37)38)22(36)26-11-19(34)32-15-7-5-4-6-13(15)8-16(32)21(35)25-10-17-28-30-31-29-17/h4-7,12,14,16,20H,3,8-11,24H2,1-2H3,(H,25,35)(H,26,36)(H,27,33)(H,37,38)(H,28,29,30,31)/t12?,14?,16-,20?/m0/s1. The van der Waals surface area contributed by atoms with Crippen molar-refractivity contribution in [3.63, 3.8) is 0 Å². The Hall–Kier alpha value is -4.40. The number of carboxylic acids is 1. The molecule has 0 spiro atoms. The van der Waals surface area contributed by atoms with Crippen molar-refractivity contribution in [1.29, 1.82) is 0 Å². The number of carbonyl (C=O) groups excluding carboxylic acids is 4. The predicted molar refractivity (Wildman–Crippen MR) is 132 cm³/mol. The predicted octanol–water partition coefficient (Wildman–Crippen LogP) is -1.78. The quantitative estimate of drug-likeness (QED) is 0.181. The van der Waals surface area contributed by atoms with Gasteiger partial charge in [0.05, 0.1) is 19.5 Å². The van der Waals surface area contributed by atoms with Gasteiger partial charge in [-0.15, -0.1) is 10.2 Å². The zero-order valence-corrected chi connectivity index (χ0v) is 21.0. The molecular formula is C23H31N9O6. The minimum Gasteiger partial charge on any atom is -0.480 e. The maximum Gasteiger partial charge on any atom is 0.321 e. The van der Waals surface area contributed by atoms with Crippen molar-refractivity contribution < 1.29 is 29.1 Å². The molecule has 0 radical (unpaired) electrons. The molecule has 0 saturated carbocycles. The van der Waals surface area contributed by atoms with E-state index in [2.05, 4.69) is 36.6 Å². The average Bonchev–Trinajstić information content (AvgIpc) is 3.56. The summed E-state index contributed by atoms with van der Waals surface area (Å²) >= 11 is 0. The average molecular weight is 530 g/mol. The largest absolute Gasteiger partial charge is 0.480 e. The molecule has 4 atom stereocenters. The number of H-pyrrole nitrogens is 1.